The van der Waals surface area contributed by atoms with E-state index in [9.17, 15) is 4.79 Å². The van der Waals surface area contributed by atoms with Crippen LogP contribution in [-0.2, 0) is 0 Å². The minimum atomic E-state index is -1.13. The van der Waals surface area contributed by atoms with Crippen molar-refractivity contribution in [2.24, 2.45) is 0 Å². The zero-order valence-electron chi connectivity index (χ0n) is 9.45. The van der Waals surface area contributed by atoms with Crippen LogP contribution in [0.5, 0.6) is 5.75 Å². The normalized spacial score (nSPS) is 11.2. The molecule has 0 aliphatic rings. The van der Waals surface area contributed by atoms with Gasteiger partial charge in [-0.15, -0.1) is 5.92 Å². The molecule has 5 heteroatoms. The first-order valence-corrected chi connectivity index (χ1v) is 5.24. The SMILES string of the molecule is CC#CC(C)Oc1cc(N)c(Cl)cc1C(=O)O. The van der Waals surface area contributed by atoms with Crippen LogP contribution in [0.3, 0.4) is 0 Å². The van der Waals surface area contributed by atoms with Crippen LogP contribution in [0.4, 0.5) is 5.69 Å². The number of benzene rings is 1. The fraction of sp³-hybridized carbons (Fsp3) is 0.250. The van der Waals surface area contributed by atoms with Crippen LogP contribution in [0, 0.1) is 11.8 Å². The Morgan fingerprint density at radius 2 is 2.24 bits per heavy atom. The summed E-state index contributed by atoms with van der Waals surface area (Å²) in [6, 6.07) is 2.65. The van der Waals surface area contributed by atoms with E-state index in [1.54, 1.807) is 13.8 Å². The molecule has 1 rings (SSSR count). The molecule has 0 aliphatic heterocycles. The van der Waals surface area contributed by atoms with Crippen LogP contribution in [0.15, 0.2) is 12.1 Å². The van der Waals surface area contributed by atoms with Gasteiger partial charge in [-0.1, -0.05) is 17.5 Å². The highest BCUT2D eigenvalue weighted by Crippen LogP contribution is 2.29. The molecule has 0 bridgehead atoms. The highest BCUT2D eigenvalue weighted by Gasteiger charge is 2.15. The summed E-state index contributed by atoms with van der Waals surface area (Å²) in [6.07, 6.45) is -0.418. The second kappa shape index (κ2) is 5.46. The number of nitrogens with two attached hydrogens (primary N) is 1. The summed E-state index contributed by atoms with van der Waals surface area (Å²) >= 11 is 5.76. The highest BCUT2D eigenvalue weighted by atomic mass is 35.5. The maximum Gasteiger partial charge on any atom is 0.339 e. The van der Waals surface area contributed by atoms with Crippen molar-refractivity contribution in [2.75, 3.05) is 5.73 Å². The van der Waals surface area contributed by atoms with Crippen molar-refractivity contribution < 1.29 is 14.6 Å². The number of ether oxygens (including phenoxy) is 1. The van der Waals surface area contributed by atoms with Crippen LogP contribution >= 0.6 is 11.6 Å². The van der Waals surface area contributed by atoms with Crippen LogP contribution < -0.4 is 10.5 Å². The molecule has 0 saturated heterocycles. The summed E-state index contributed by atoms with van der Waals surface area (Å²) in [4.78, 5) is 11.0. The molecule has 3 N–H and O–H groups in total. The van der Waals surface area contributed by atoms with Gasteiger partial charge in [0.05, 0.1) is 10.7 Å². The van der Waals surface area contributed by atoms with Crippen molar-refractivity contribution in [3.8, 4) is 17.6 Å². The molecular weight excluding hydrogens is 242 g/mol. The average Bonchev–Trinajstić information content (AvgIpc) is 2.23. The maximum absolute atomic E-state index is 11.0. The molecule has 1 atom stereocenters. The largest absolute Gasteiger partial charge is 0.478 e. The van der Waals surface area contributed by atoms with Gasteiger partial charge in [0, 0.05) is 6.07 Å². The van der Waals surface area contributed by atoms with E-state index in [4.69, 9.17) is 27.2 Å². The molecular formula is C12H12ClNO3. The van der Waals surface area contributed by atoms with Crippen molar-refractivity contribution in [1.82, 2.24) is 0 Å². The lowest BCUT2D eigenvalue weighted by Gasteiger charge is -2.13. The van der Waals surface area contributed by atoms with Gasteiger partial charge in [-0.2, -0.15) is 0 Å². The molecule has 4 nitrogen and oxygen atoms in total. The van der Waals surface area contributed by atoms with E-state index < -0.39 is 12.1 Å². The lowest BCUT2D eigenvalue weighted by molar-refractivity contribution is 0.0691. The first-order chi connectivity index (χ1) is 7.95. The van der Waals surface area contributed by atoms with Crippen molar-refractivity contribution >= 4 is 23.3 Å². The van der Waals surface area contributed by atoms with Crippen LogP contribution in [0.1, 0.15) is 24.2 Å². The Morgan fingerprint density at radius 3 is 2.76 bits per heavy atom. The molecule has 17 heavy (non-hydrogen) atoms. The Bertz CT molecular complexity index is 502. The summed E-state index contributed by atoms with van der Waals surface area (Å²) < 4.78 is 5.39. The third kappa shape index (κ3) is 3.30. The van der Waals surface area contributed by atoms with E-state index in [2.05, 4.69) is 11.8 Å². The molecule has 1 aromatic carbocycles. The minimum absolute atomic E-state index is 0.0334. The number of rotatable bonds is 3. The molecule has 0 saturated carbocycles. The number of aromatic carboxylic acids is 1. The monoisotopic (exact) mass is 253 g/mol. The molecule has 0 heterocycles. The van der Waals surface area contributed by atoms with Gasteiger partial charge in [-0.25, -0.2) is 4.79 Å². The van der Waals surface area contributed by atoms with E-state index in [1.807, 2.05) is 0 Å². The summed E-state index contributed by atoms with van der Waals surface area (Å²) in [7, 11) is 0. The number of carbonyl (C=O) groups is 1. The Morgan fingerprint density at radius 1 is 1.59 bits per heavy atom. The van der Waals surface area contributed by atoms with E-state index in [0.29, 0.717) is 0 Å². The summed E-state index contributed by atoms with van der Waals surface area (Å²) in [5, 5.41) is 9.19. The first kappa shape index (κ1) is 13.2. The Balaban J connectivity index is 3.15. The molecule has 1 unspecified atom stereocenters. The van der Waals surface area contributed by atoms with Crippen molar-refractivity contribution in [3.63, 3.8) is 0 Å². The van der Waals surface area contributed by atoms with Gasteiger partial charge in [-0.05, 0) is 19.9 Å². The molecule has 0 radical (unpaired) electrons. The van der Waals surface area contributed by atoms with Gasteiger partial charge >= 0.3 is 5.97 Å². The second-order valence-corrected chi connectivity index (χ2v) is 3.74. The van der Waals surface area contributed by atoms with Gasteiger partial charge in [0.25, 0.3) is 0 Å². The number of carboxylic acid groups (broad SMARTS) is 1. The predicted octanol–water partition coefficient (Wildman–Crippen LogP) is 2.41. The van der Waals surface area contributed by atoms with E-state index in [0.717, 1.165) is 0 Å². The zero-order valence-corrected chi connectivity index (χ0v) is 10.2. The molecule has 0 spiro atoms. The summed E-state index contributed by atoms with van der Waals surface area (Å²) in [6.45, 7) is 3.39. The fourth-order valence-corrected chi connectivity index (χ4v) is 1.42. The lowest BCUT2D eigenvalue weighted by atomic mass is 10.2. The summed E-state index contributed by atoms with van der Waals surface area (Å²) in [5.41, 5.74) is 5.83. The Labute approximate surface area is 104 Å². The smallest absolute Gasteiger partial charge is 0.339 e. The van der Waals surface area contributed by atoms with Crippen LogP contribution in [0.25, 0.3) is 0 Å². The quantitative estimate of drug-likeness (QED) is 0.641. The number of anilines is 1. The molecule has 0 aliphatic carbocycles. The molecule has 0 aromatic heterocycles. The van der Waals surface area contributed by atoms with Gasteiger partial charge in [0.1, 0.15) is 11.3 Å². The standard InChI is InChI=1S/C12H12ClNO3/c1-3-4-7(2)17-11-6-10(14)9(13)5-8(11)12(15)16/h5-7H,14H2,1-2H3,(H,15,16). The minimum Gasteiger partial charge on any atom is -0.478 e. The van der Waals surface area contributed by atoms with Gasteiger partial charge in [0.2, 0.25) is 0 Å². The van der Waals surface area contributed by atoms with Crippen molar-refractivity contribution in [2.45, 2.75) is 20.0 Å². The molecule has 1 aromatic rings. The van der Waals surface area contributed by atoms with E-state index in [-0.39, 0.29) is 22.0 Å². The highest BCUT2D eigenvalue weighted by molar-refractivity contribution is 6.33. The third-order valence-electron chi connectivity index (χ3n) is 1.98. The first-order valence-electron chi connectivity index (χ1n) is 4.87. The van der Waals surface area contributed by atoms with Crippen molar-refractivity contribution in [3.05, 3.63) is 22.7 Å². The Kier molecular flexibility index (Phi) is 4.24. The Hall–Kier alpha value is -1.86. The van der Waals surface area contributed by atoms with E-state index >= 15 is 0 Å². The average molecular weight is 254 g/mol. The number of hydrogen-bond acceptors (Lipinski definition) is 3. The molecule has 0 amide bonds. The lowest BCUT2D eigenvalue weighted by Crippen LogP contribution is -2.12. The van der Waals surface area contributed by atoms with Crippen molar-refractivity contribution in [1.29, 1.82) is 0 Å². The summed E-state index contributed by atoms with van der Waals surface area (Å²) in [5.74, 6) is 4.47. The van der Waals surface area contributed by atoms with Crippen LogP contribution in [0.2, 0.25) is 5.02 Å². The number of nitrogen functional groups attached to an aromatic ring is 1. The second-order valence-electron chi connectivity index (χ2n) is 3.33. The predicted molar refractivity (Wildman–Crippen MR) is 66.4 cm³/mol. The van der Waals surface area contributed by atoms with Crippen LogP contribution in [-0.4, -0.2) is 17.2 Å². The topological polar surface area (TPSA) is 72.5 Å². The maximum atomic E-state index is 11.0. The van der Waals surface area contributed by atoms with E-state index in [1.165, 1.54) is 12.1 Å². The molecule has 0 fully saturated rings. The van der Waals surface area contributed by atoms with Gasteiger partial charge in [0.15, 0.2) is 6.10 Å². The zero-order chi connectivity index (χ0) is 13.0. The fourth-order valence-electron chi connectivity index (χ4n) is 1.26. The molecule has 90 valence electrons. The third-order valence-corrected chi connectivity index (χ3v) is 2.31. The van der Waals surface area contributed by atoms with Gasteiger partial charge in [-0.3, -0.25) is 0 Å². The van der Waals surface area contributed by atoms with Gasteiger partial charge < -0.3 is 15.6 Å². The number of hydrogen-bond donors (Lipinski definition) is 2. The number of carboxylic acids is 1. The number of halogens is 1.